The van der Waals surface area contributed by atoms with Gasteiger partial charge in [-0.3, -0.25) is 4.79 Å². The maximum Gasteiger partial charge on any atom is 0.309 e. The molecule has 0 heterocycles. The third-order valence-electron chi connectivity index (χ3n) is 5.21. The number of esters is 1. The van der Waals surface area contributed by atoms with Crippen molar-refractivity contribution in [1.82, 2.24) is 0 Å². The summed E-state index contributed by atoms with van der Waals surface area (Å²) in [7, 11) is 0. The zero-order chi connectivity index (χ0) is 19.4. The van der Waals surface area contributed by atoms with Gasteiger partial charge in [0.25, 0.3) is 0 Å². The molecule has 0 N–H and O–H groups in total. The van der Waals surface area contributed by atoms with Crippen molar-refractivity contribution in [2.24, 2.45) is 17.3 Å². The lowest BCUT2D eigenvalue weighted by Crippen LogP contribution is -2.48. The molecule has 1 fully saturated rings. The molecule has 0 radical (unpaired) electrons. The summed E-state index contributed by atoms with van der Waals surface area (Å²) >= 11 is 11.5. The predicted molar refractivity (Wildman–Crippen MR) is 108 cm³/mol. The fourth-order valence-electron chi connectivity index (χ4n) is 3.37. The number of rotatable bonds is 6. The van der Waals surface area contributed by atoms with Gasteiger partial charge in [0.05, 0.1) is 5.92 Å². The highest BCUT2D eigenvalue weighted by Gasteiger charge is 2.51. The zero-order valence-corrected chi connectivity index (χ0v) is 16.8. The molecule has 5 heteroatoms. The first-order chi connectivity index (χ1) is 12.9. The molecule has 2 aromatic rings. The third-order valence-corrected chi connectivity index (χ3v) is 5.47. The molecule has 1 aliphatic rings. The normalized spacial score (nSPS) is 20.3. The number of hydrogen-bond donors (Lipinski definition) is 0. The summed E-state index contributed by atoms with van der Waals surface area (Å²) in [6, 6.07) is 17.1. The molecule has 3 rings (SSSR count). The lowest BCUT2D eigenvalue weighted by Gasteiger charge is -2.49. The Hall–Kier alpha value is -1.97. The Morgan fingerprint density at radius 3 is 2.48 bits per heavy atom. The van der Waals surface area contributed by atoms with E-state index in [1.807, 2.05) is 68.4 Å². The summed E-state index contributed by atoms with van der Waals surface area (Å²) in [5, 5.41) is 0. The van der Waals surface area contributed by atoms with Gasteiger partial charge in [-0.05, 0) is 47.6 Å². The first-order valence-electron chi connectivity index (χ1n) is 8.87. The van der Waals surface area contributed by atoms with Gasteiger partial charge < -0.3 is 9.47 Å². The van der Waals surface area contributed by atoms with Crippen molar-refractivity contribution < 1.29 is 14.3 Å². The number of carbonyl (C=O) groups is 1. The van der Waals surface area contributed by atoms with Crippen molar-refractivity contribution in [3.8, 4) is 11.5 Å². The highest BCUT2D eigenvalue weighted by atomic mass is 35.5. The fraction of sp³-hybridized carbons (Fsp3) is 0.318. The molecule has 2 atom stereocenters. The third kappa shape index (κ3) is 4.85. The van der Waals surface area contributed by atoms with E-state index in [9.17, 15) is 4.79 Å². The van der Waals surface area contributed by atoms with E-state index in [-0.39, 0.29) is 34.3 Å². The molecular formula is C22H22Cl2O3. The first-order valence-corrected chi connectivity index (χ1v) is 9.63. The van der Waals surface area contributed by atoms with Crippen LogP contribution in [0.2, 0.25) is 0 Å². The van der Waals surface area contributed by atoms with E-state index in [2.05, 4.69) is 0 Å². The molecule has 0 aliphatic heterocycles. The minimum Gasteiger partial charge on any atom is -0.461 e. The van der Waals surface area contributed by atoms with Gasteiger partial charge in [0.15, 0.2) is 0 Å². The number of carbonyl (C=O) groups excluding carboxylic acids is 1. The smallest absolute Gasteiger partial charge is 0.309 e. The molecule has 27 heavy (non-hydrogen) atoms. The van der Waals surface area contributed by atoms with E-state index in [1.165, 1.54) is 0 Å². The SMILES string of the molecule is CC1(C)[C@H](C=C(Cl)Cl)C[C@@H]1C(=O)OCc1cccc(Oc2ccccc2)c1. The second-order valence-corrected chi connectivity index (χ2v) is 8.35. The highest BCUT2D eigenvalue weighted by Crippen LogP contribution is 2.53. The molecule has 142 valence electrons. The second kappa shape index (κ2) is 8.37. The molecule has 1 saturated carbocycles. The van der Waals surface area contributed by atoms with Crippen molar-refractivity contribution in [2.75, 3.05) is 0 Å². The van der Waals surface area contributed by atoms with E-state index in [4.69, 9.17) is 32.7 Å². The molecule has 0 aromatic heterocycles. The van der Waals surface area contributed by atoms with Crippen LogP contribution in [0.15, 0.2) is 65.2 Å². The molecule has 3 nitrogen and oxygen atoms in total. The monoisotopic (exact) mass is 404 g/mol. The fourth-order valence-corrected chi connectivity index (χ4v) is 3.68. The minimum atomic E-state index is -0.218. The molecule has 1 aliphatic carbocycles. The van der Waals surface area contributed by atoms with Crippen molar-refractivity contribution >= 4 is 29.2 Å². The molecule has 0 bridgehead atoms. The number of para-hydroxylation sites is 1. The van der Waals surface area contributed by atoms with Gasteiger partial charge in [-0.25, -0.2) is 0 Å². The van der Waals surface area contributed by atoms with Crippen molar-refractivity contribution in [1.29, 1.82) is 0 Å². The summed E-state index contributed by atoms with van der Waals surface area (Å²) in [6.07, 6.45) is 2.50. The standard InChI is InChI=1S/C22H22Cl2O3/c1-22(2)16(13-20(23)24)12-19(22)21(25)26-14-15-7-6-10-18(11-15)27-17-8-4-3-5-9-17/h3-11,13,16,19H,12,14H2,1-2H3/t16-,19+/m0/s1. The van der Waals surface area contributed by atoms with Gasteiger partial charge in [-0.2, -0.15) is 0 Å². The lowest BCUT2D eigenvalue weighted by atomic mass is 9.55. The van der Waals surface area contributed by atoms with Crippen LogP contribution in [-0.4, -0.2) is 5.97 Å². The van der Waals surface area contributed by atoms with E-state index in [1.54, 1.807) is 6.08 Å². The largest absolute Gasteiger partial charge is 0.461 e. The van der Waals surface area contributed by atoms with Crippen LogP contribution in [0.3, 0.4) is 0 Å². The van der Waals surface area contributed by atoms with Crippen LogP contribution in [-0.2, 0) is 16.1 Å². The average Bonchev–Trinajstić information content (AvgIpc) is 2.64. The van der Waals surface area contributed by atoms with Gasteiger partial charge in [-0.1, -0.05) is 73.5 Å². The number of ether oxygens (including phenoxy) is 2. The maximum absolute atomic E-state index is 12.5. The highest BCUT2D eigenvalue weighted by molar-refractivity contribution is 6.55. The van der Waals surface area contributed by atoms with Crippen molar-refractivity contribution in [3.63, 3.8) is 0 Å². The molecule has 0 spiro atoms. The van der Waals surface area contributed by atoms with Crippen molar-refractivity contribution in [3.05, 3.63) is 70.7 Å². The topological polar surface area (TPSA) is 35.5 Å². The van der Waals surface area contributed by atoms with E-state index in [0.717, 1.165) is 11.3 Å². The molecule has 0 amide bonds. The predicted octanol–water partition coefficient (Wildman–Crippen LogP) is 6.50. The Bertz CT molecular complexity index is 826. The lowest BCUT2D eigenvalue weighted by molar-refractivity contribution is -0.164. The molecule has 0 saturated heterocycles. The number of benzene rings is 2. The van der Waals surface area contributed by atoms with Crippen LogP contribution in [0, 0.1) is 17.3 Å². The average molecular weight is 405 g/mol. The van der Waals surface area contributed by atoms with Crippen LogP contribution < -0.4 is 4.74 Å². The van der Waals surface area contributed by atoms with Crippen LogP contribution in [0.4, 0.5) is 0 Å². The van der Waals surface area contributed by atoms with Gasteiger partial charge in [0.2, 0.25) is 0 Å². The van der Waals surface area contributed by atoms with E-state index < -0.39 is 0 Å². The number of halogens is 2. The molecule has 0 unspecified atom stereocenters. The molecular weight excluding hydrogens is 383 g/mol. The van der Waals surface area contributed by atoms with Crippen LogP contribution in [0.5, 0.6) is 11.5 Å². The summed E-state index contributed by atoms with van der Waals surface area (Å²) in [5.41, 5.74) is 0.666. The maximum atomic E-state index is 12.5. The van der Waals surface area contributed by atoms with Gasteiger partial charge in [0, 0.05) is 0 Å². The van der Waals surface area contributed by atoms with Crippen LogP contribution in [0.1, 0.15) is 25.8 Å². The Balaban J connectivity index is 1.57. The summed E-state index contributed by atoms with van der Waals surface area (Å²) in [4.78, 5) is 12.5. The summed E-state index contributed by atoms with van der Waals surface area (Å²) in [6.45, 7) is 4.29. The number of allylic oxidation sites excluding steroid dienone is 1. The molecule has 2 aromatic carbocycles. The van der Waals surface area contributed by atoms with Gasteiger partial charge in [0.1, 0.15) is 22.6 Å². The second-order valence-electron chi connectivity index (χ2n) is 7.34. The van der Waals surface area contributed by atoms with Crippen molar-refractivity contribution in [2.45, 2.75) is 26.9 Å². The quantitative estimate of drug-likeness (QED) is 0.515. The van der Waals surface area contributed by atoms with E-state index in [0.29, 0.717) is 12.2 Å². The van der Waals surface area contributed by atoms with Crippen LogP contribution in [0.25, 0.3) is 0 Å². The Kier molecular flexibility index (Phi) is 6.13. The summed E-state index contributed by atoms with van der Waals surface area (Å²) < 4.78 is 11.6. The first kappa shape index (κ1) is 19.8. The summed E-state index contributed by atoms with van der Waals surface area (Å²) in [5.74, 6) is 1.31. The van der Waals surface area contributed by atoms with E-state index >= 15 is 0 Å². The zero-order valence-electron chi connectivity index (χ0n) is 15.3. The Morgan fingerprint density at radius 1 is 1.11 bits per heavy atom. The Morgan fingerprint density at radius 2 is 1.81 bits per heavy atom. The minimum absolute atomic E-state index is 0.157. The van der Waals surface area contributed by atoms with Crippen LogP contribution >= 0.6 is 23.2 Å². The Labute approximate surface area is 169 Å². The number of hydrogen-bond acceptors (Lipinski definition) is 3. The van der Waals surface area contributed by atoms with Gasteiger partial charge in [-0.15, -0.1) is 0 Å². The van der Waals surface area contributed by atoms with Gasteiger partial charge >= 0.3 is 5.97 Å².